The Labute approximate surface area is 76.0 Å². The number of phenols is 1. The molecule has 1 rings (SSSR count). The van der Waals surface area contributed by atoms with Gasteiger partial charge in [-0.25, -0.2) is 0 Å². The van der Waals surface area contributed by atoms with E-state index in [-0.39, 0.29) is 17.4 Å². The monoisotopic (exact) mass is 181 g/mol. The van der Waals surface area contributed by atoms with Crippen molar-refractivity contribution in [2.45, 2.75) is 19.8 Å². The zero-order valence-corrected chi connectivity index (χ0v) is 7.52. The Morgan fingerprint density at radius 2 is 2.08 bits per heavy atom. The number of rotatable bonds is 2. The molecule has 1 aromatic carbocycles. The number of nitrogens with zero attached hydrogens (tertiary/aromatic N) is 1. The van der Waals surface area contributed by atoms with Gasteiger partial charge in [-0.2, -0.15) is 0 Å². The second kappa shape index (κ2) is 3.43. The second-order valence-corrected chi connectivity index (χ2v) is 3.15. The van der Waals surface area contributed by atoms with Gasteiger partial charge in [-0.1, -0.05) is 13.8 Å². The fraction of sp³-hybridized carbons (Fsp3) is 0.333. The summed E-state index contributed by atoms with van der Waals surface area (Å²) in [6.07, 6.45) is 0. The molecule has 0 heterocycles. The molecule has 1 aromatic rings. The van der Waals surface area contributed by atoms with Gasteiger partial charge in [-0.3, -0.25) is 10.1 Å². The summed E-state index contributed by atoms with van der Waals surface area (Å²) in [6.45, 7) is 3.75. The maximum atomic E-state index is 10.6. The van der Waals surface area contributed by atoms with Crippen molar-refractivity contribution in [2.75, 3.05) is 0 Å². The molecular formula is C9H11NO3. The van der Waals surface area contributed by atoms with Crippen LogP contribution in [0.4, 0.5) is 5.69 Å². The third-order valence-corrected chi connectivity index (χ3v) is 1.83. The Morgan fingerprint density at radius 3 is 2.54 bits per heavy atom. The fourth-order valence-electron chi connectivity index (χ4n) is 1.18. The topological polar surface area (TPSA) is 63.4 Å². The van der Waals surface area contributed by atoms with E-state index in [0.29, 0.717) is 5.56 Å². The third-order valence-electron chi connectivity index (χ3n) is 1.83. The van der Waals surface area contributed by atoms with Crippen molar-refractivity contribution in [1.29, 1.82) is 0 Å². The first-order valence-corrected chi connectivity index (χ1v) is 3.99. The summed E-state index contributed by atoms with van der Waals surface area (Å²) < 4.78 is 0. The summed E-state index contributed by atoms with van der Waals surface area (Å²) in [6, 6.07) is 4.22. The first-order chi connectivity index (χ1) is 6.02. The lowest BCUT2D eigenvalue weighted by Crippen LogP contribution is -1.96. The summed E-state index contributed by atoms with van der Waals surface area (Å²) in [7, 11) is 0. The Kier molecular flexibility index (Phi) is 2.51. The maximum Gasteiger partial charge on any atom is 0.276 e. The molecule has 0 saturated carbocycles. The van der Waals surface area contributed by atoms with Crippen molar-refractivity contribution < 1.29 is 10.0 Å². The highest BCUT2D eigenvalue weighted by molar-refractivity contribution is 5.46. The first kappa shape index (κ1) is 9.51. The predicted octanol–water partition coefficient (Wildman–Crippen LogP) is 2.42. The number of phenolic OH excluding ortho intramolecular Hbond substituents is 1. The van der Waals surface area contributed by atoms with E-state index in [1.165, 1.54) is 12.1 Å². The Bertz CT molecular complexity index is 334. The minimum absolute atomic E-state index is 0.0185. The molecule has 0 fully saturated rings. The van der Waals surface area contributed by atoms with Crippen LogP contribution in [0.2, 0.25) is 0 Å². The number of hydrogen-bond donors (Lipinski definition) is 1. The summed E-state index contributed by atoms with van der Waals surface area (Å²) in [5, 5.41) is 19.6. The minimum Gasteiger partial charge on any atom is -0.508 e. The van der Waals surface area contributed by atoms with Crippen molar-refractivity contribution in [1.82, 2.24) is 0 Å². The van der Waals surface area contributed by atoms with Gasteiger partial charge in [0.05, 0.1) is 11.0 Å². The van der Waals surface area contributed by atoms with E-state index in [2.05, 4.69) is 0 Å². The molecule has 1 N–H and O–H groups in total. The lowest BCUT2D eigenvalue weighted by Gasteiger charge is -2.05. The third kappa shape index (κ3) is 1.96. The number of benzene rings is 1. The van der Waals surface area contributed by atoms with Crippen LogP contribution in [0.15, 0.2) is 18.2 Å². The zero-order chi connectivity index (χ0) is 10.0. The quantitative estimate of drug-likeness (QED) is 0.562. The van der Waals surface area contributed by atoms with Crippen molar-refractivity contribution in [3.05, 3.63) is 33.9 Å². The molecular weight excluding hydrogens is 170 g/mol. The number of nitro benzene ring substituents is 1. The Morgan fingerprint density at radius 1 is 1.46 bits per heavy atom. The van der Waals surface area contributed by atoms with Gasteiger partial charge in [0.25, 0.3) is 5.69 Å². The molecule has 4 nitrogen and oxygen atoms in total. The van der Waals surface area contributed by atoms with Crippen molar-refractivity contribution in [3.8, 4) is 5.75 Å². The normalized spacial score (nSPS) is 10.4. The van der Waals surface area contributed by atoms with Crippen molar-refractivity contribution in [2.24, 2.45) is 0 Å². The molecule has 70 valence electrons. The van der Waals surface area contributed by atoms with Crippen LogP contribution < -0.4 is 0 Å². The van der Waals surface area contributed by atoms with Gasteiger partial charge in [0.2, 0.25) is 0 Å². The molecule has 0 saturated heterocycles. The van der Waals surface area contributed by atoms with Crippen LogP contribution in [-0.4, -0.2) is 10.0 Å². The largest absolute Gasteiger partial charge is 0.508 e. The second-order valence-electron chi connectivity index (χ2n) is 3.15. The molecule has 0 bridgehead atoms. The van der Waals surface area contributed by atoms with Crippen LogP contribution in [0, 0.1) is 10.1 Å². The minimum atomic E-state index is -0.477. The number of aromatic hydroxyl groups is 1. The lowest BCUT2D eigenvalue weighted by molar-refractivity contribution is -0.385. The van der Waals surface area contributed by atoms with E-state index in [0.717, 1.165) is 0 Å². The van der Waals surface area contributed by atoms with Crippen LogP contribution in [-0.2, 0) is 0 Å². The smallest absolute Gasteiger partial charge is 0.276 e. The molecule has 0 aromatic heterocycles. The van der Waals surface area contributed by atoms with E-state index >= 15 is 0 Å². The lowest BCUT2D eigenvalue weighted by atomic mass is 10.0. The van der Waals surface area contributed by atoms with Crippen molar-refractivity contribution in [3.63, 3.8) is 0 Å². The highest BCUT2D eigenvalue weighted by atomic mass is 16.6. The Balaban J connectivity index is 3.27. The van der Waals surface area contributed by atoms with E-state index in [1.54, 1.807) is 6.07 Å². The highest BCUT2D eigenvalue weighted by Crippen LogP contribution is 2.29. The number of hydrogen-bond acceptors (Lipinski definition) is 3. The van der Waals surface area contributed by atoms with Gasteiger partial charge < -0.3 is 5.11 Å². The molecule has 0 atom stereocenters. The van der Waals surface area contributed by atoms with Crippen LogP contribution in [0.5, 0.6) is 5.75 Å². The molecule has 0 aliphatic rings. The van der Waals surface area contributed by atoms with Crippen LogP contribution in [0.25, 0.3) is 0 Å². The van der Waals surface area contributed by atoms with Crippen LogP contribution in [0.1, 0.15) is 25.3 Å². The molecule has 4 heteroatoms. The molecule has 13 heavy (non-hydrogen) atoms. The highest BCUT2D eigenvalue weighted by Gasteiger charge is 2.16. The van der Waals surface area contributed by atoms with Gasteiger partial charge in [-0.15, -0.1) is 0 Å². The standard InChI is InChI=1S/C9H11NO3/c1-6(2)8-4-3-7(11)5-9(8)10(12)13/h3-6,11H,1-2H3. The summed E-state index contributed by atoms with van der Waals surface area (Å²) in [5.41, 5.74) is 0.623. The average molecular weight is 181 g/mol. The van der Waals surface area contributed by atoms with E-state index in [9.17, 15) is 10.1 Å². The van der Waals surface area contributed by atoms with Gasteiger partial charge in [-0.05, 0) is 18.1 Å². The maximum absolute atomic E-state index is 10.6. The van der Waals surface area contributed by atoms with E-state index in [1.807, 2.05) is 13.8 Å². The van der Waals surface area contributed by atoms with Gasteiger partial charge >= 0.3 is 0 Å². The van der Waals surface area contributed by atoms with Crippen LogP contribution >= 0.6 is 0 Å². The fourth-order valence-corrected chi connectivity index (χ4v) is 1.18. The number of nitro groups is 1. The Hall–Kier alpha value is -1.58. The van der Waals surface area contributed by atoms with Gasteiger partial charge in [0.15, 0.2) is 0 Å². The SMILES string of the molecule is CC(C)c1ccc(O)cc1[N+](=O)[O-]. The van der Waals surface area contributed by atoms with E-state index in [4.69, 9.17) is 5.11 Å². The molecule has 0 spiro atoms. The van der Waals surface area contributed by atoms with E-state index < -0.39 is 4.92 Å². The van der Waals surface area contributed by atoms with Gasteiger partial charge in [0, 0.05) is 5.56 Å². The van der Waals surface area contributed by atoms with Gasteiger partial charge in [0.1, 0.15) is 5.75 Å². The molecule has 0 radical (unpaired) electrons. The predicted molar refractivity (Wildman–Crippen MR) is 48.9 cm³/mol. The summed E-state index contributed by atoms with van der Waals surface area (Å²) in [5.74, 6) is 0.0112. The molecule has 0 aliphatic carbocycles. The zero-order valence-electron chi connectivity index (χ0n) is 7.52. The molecule has 0 aliphatic heterocycles. The van der Waals surface area contributed by atoms with Crippen molar-refractivity contribution >= 4 is 5.69 Å². The summed E-state index contributed by atoms with van der Waals surface area (Å²) in [4.78, 5) is 10.1. The van der Waals surface area contributed by atoms with Crippen LogP contribution in [0.3, 0.4) is 0 Å². The summed E-state index contributed by atoms with van der Waals surface area (Å²) >= 11 is 0. The first-order valence-electron chi connectivity index (χ1n) is 3.99. The average Bonchev–Trinajstić information content (AvgIpc) is 2.03. The molecule has 0 amide bonds. The molecule has 0 unspecified atom stereocenters.